The van der Waals surface area contributed by atoms with E-state index in [0.717, 1.165) is 17.9 Å². The second-order valence-electron chi connectivity index (χ2n) is 6.05. The maximum absolute atomic E-state index is 4.84. The van der Waals surface area contributed by atoms with E-state index in [2.05, 4.69) is 56.4 Å². The van der Waals surface area contributed by atoms with Crippen LogP contribution in [0, 0.1) is 12.8 Å². The Morgan fingerprint density at radius 2 is 1.90 bits per heavy atom. The molecule has 0 saturated carbocycles. The van der Waals surface area contributed by atoms with Crippen molar-refractivity contribution in [3.05, 3.63) is 41.6 Å². The molecule has 0 aliphatic carbocycles. The lowest BCUT2D eigenvalue weighted by Gasteiger charge is -2.18. The number of aromatic nitrogens is 1. The topological polar surface area (TPSA) is 24.9 Å². The van der Waals surface area contributed by atoms with Gasteiger partial charge in [0.25, 0.3) is 0 Å². The van der Waals surface area contributed by atoms with Crippen molar-refractivity contribution in [2.45, 2.75) is 46.1 Å². The number of aryl methyl sites for hydroxylation is 1. The Bertz CT molecular complexity index is 560. The molecule has 0 fully saturated rings. The van der Waals surface area contributed by atoms with Gasteiger partial charge in [-0.15, -0.1) is 0 Å². The lowest BCUT2D eigenvalue weighted by molar-refractivity contribution is 0.465. The Morgan fingerprint density at radius 3 is 2.60 bits per heavy atom. The highest BCUT2D eigenvalue weighted by Gasteiger charge is 2.12. The van der Waals surface area contributed by atoms with Crippen LogP contribution in [0.5, 0.6) is 0 Å². The summed E-state index contributed by atoms with van der Waals surface area (Å²) in [4.78, 5) is 4.84. The molecule has 108 valence electrons. The van der Waals surface area contributed by atoms with Gasteiger partial charge in [0.15, 0.2) is 0 Å². The van der Waals surface area contributed by atoms with Crippen LogP contribution in [0.4, 0.5) is 0 Å². The van der Waals surface area contributed by atoms with E-state index in [4.69, 9.17) is 4.98 Å². The Morgan fingerprint density at radius 1 is 1.15 bits per heavy atom. The largest absolute Gasteiger partial charge is 0.312 e. The Hall–Kier alpha value is -1.41. The van der Waals surface area contributed by atoms with Crippen molar-refractivity contribution in [1.82, 2.24) is 10.3 Å². The number of fused-ring (bicyclic) bond motifs is 1. The standard InChI is InChI=1S/C18H26N2/c1-13(2)8-7-11-17(19-4)18-12-14(3)15-9-5-6-10-16(15)20-18/h5-6,9-10,12-13,17,19H,7-8,11H2,1-4H3. The van der Waals surface area contributed by atoms with Crippen molar-refractivity contribution in [1.29, 1.82) is 0 Å². The van der Waals surface area contributed by atoms with Gasteiger partial charge in [0.05, 0.1) is 11.2 Å². The van der Waals surface area contributed by atoms with Crippen LogP contribution in [-0.4, -0.2) is 12.0 Å². The minimum Gasteiger partial charge on any atom is -0.312 e. The first kappa shape index (κ1) is 15.0. The monoisotopic (exact) mass is 270 g/mol. The van der Waals surface area contributed by atoms with Crippen LogP contribution in [0.1, 0.15) is 50.4 Å². The van der Waals surface area contributed by atoms with E-state index >= 15 is 0 Å². The molecule has 1 N–H and O–H groups in total. The summed E-state index contributed by atoms with van der Waals surface area (Å²) in [6.07, 6.45) is 3.68. The van der Waals surface area contributed by atoms with Crippen molar-refractivity contribution in [2.75, 3.05) is 7.05 Å². The summed E-state index contributed by atoms with van der Waals surface area (Å²) in [5, 5.41) is 4.68. The molecular weight excluding hydrogens is 244 g/mol. The molecule has 0 aliphatic heterocycles. The molecule has 1 atom stereocenters. The van der Waals surface area contributed by atoms with Gasteiger partial charge in [-0.1, -0.05) is 44.9 Å². The highest BCUT2D eigenvalue weighted by Crippen LogP contribution is 2.24. The predicted molar refractivity (Wildman–Crippen MR) is 87.0 cm³/mol. The molecule has 1 aromatic carbocycles. The summed E-state index contributed by atoms with van der Waals surface area (Å²) < 4.78 is 0. The maximum atomic E-state index is 4.84. The van der Waals surface area contributed by atoms with Crippen molar-refractivity contribution >= 4 is 10.9 Å². The van der Waals surface area contributed by atoms with Gasteiger partial charge in [-0.05, 0) is 44.0 Å². The minimum atomic E-state index is 0.358. The molecule has 0 amide bonds. The van der Waals surface area contributed by atoms with Crippen LogP contribution in [0.15, 0.2) is 30.3 Å². The molecule has 2 rings (SSSR count). The van der Waals surface area contributed by atoms with Crippen LogP contribution in [0.2, 0.25) is 0 Å². The lowest BCUT2D eigenvalue weighted by atomic mass is 9.99. The van der Waals surface area contributed by atoms with Crippen molar-refractivity contribution in [2.24, 2.45) is 5.92 Å². The highest BCUT2D eigenvalue weighted by atomic mass is 14.9. The molecule has 2 aromatic rings. The van der Waals surface area contributed by atoms with Crippen molar-refractivity contribution < 1.29 is 0 Å². The molecule has 1 heterocycles. The number of nitrogens with zero attached hydrogens (tertiary/aromatic N) is 1. The summed E-state index contributed by atoms with van der Waals surface area (Å²) in [5.41, 5.74) is 3.59. The van der Waals surface area contributed by atoms with Gasteiger partial charge in [-0.25, -0.2) is 0 Å². The molecule has 0 saturated heterocycles. The lowest BCUT2D eigenvalue weighted by Crippen LogP contribution is -2.18. The van der Waals surface area contributed by atoms with E-state index < -0.39 is 0 Å². The van der Waals surface area contributed by atoms with Gasteiger partial charge >= 0.3 is 0 Å². The SMILES string of the molecule is CNC(CCCC(C)C)c1cc(C)c2ccccc2n1. The van der Waals surface area contributed by atoms with Crippen LogP contribution >= 0.6 is 0 Å². The normalized spacial score (nSPS) is 13.1. The van der Waals surface area contributed by atoms with E-state index in [9.17, 15) is 0 Å². The molecular formula is C18H26N2. The second-order valence-corrected chi connectivity index (χ2v) is 6.05. The third kappa shape index (κ3) is 3.57. The van der Waals surface area contributed by atoms with Crippen LogP contribution in [0.25, 0.3) is 10.9 Å². The van der Waals surface area contributed by atoms with Crippen LogP contribution in [0.3, 0.4) is 0 Å². The zero-order valence-electron chi connectivity index (χ0n) is 13.1. The summed E-state index contributed by atoms with van der Waals surface area (Å²) >= 11 is 0. The third-order valence-corrected chi connectivity index (χ3v) is 3.92. The first-order valence-electron chi connectivity index (χ1n) is 7.65. The van der Waals surface area contributed by atoms with Gasteiger partial charge in [0, 0.05) is 11.4 Å². The first-order valence-corrected chi connectivity index (χ1v) is 7.65. The van der Waals surface area contributed by atoms with Crippen LogP contribution in [-0.2, 0) is 0 Å². The number of hydrogen-bond acceptors (Lipinski definition) is 2. The van der Waals surface area contributed by atoms with Gasteiger partial charge < -0.3 is 5.32 Å². The quantitative estimate of drug-likeness (QED) is 0.827. The van der Waals surface area contributed by atoms with Crippen LogP contribution < -0.4 is 5.32 Å². The molecule has 2 nitrogen and oxygen atoms in total. The van der Waals surface area contributed by atoms with Gasteiger partial charge in [-0.2, -0.15) is 0 Å². The van der Waals surface area contributed by atoms with E-state index in [1.165, 1.54) is 29.5 Å². The fourth-order valence-electron chi connectivity index (χ4n) is 2.72. The highest BCUT2D eigenvalue weighted by molar-refractivity contribution is 5.82. The number of nitrogens with one attached hydrogen (secondary N) is 1. The Balaban J connectivity index is 2.21. The Kier molecular flexibility index (Phi) is 5.13. The number of benzene rings is 1. The number of pyridine rings is 1. The van der Waals surface area contributed by atoms with Gasteiger partial charge in [-0.3, -0.25) is 4.98 Å². The fraction of sp³-hybridized carbons (Fsp3) is 0.500. The second kappa shape index (κ2) is 6.85. The molecule has 0 spiro atoms. The number of hydrogen-bond donors (Lipinski definition) is 1. The molecule has 0 bridgehead atoms. The molecule has 0 aliphatic rings. The number of rotatable bonds is 6. The average Bonchev–Trinajstić information content (AvgIpc) is 2.43. The van der Waals surface area contributed by atoms with Crippen molar-refractivity contribution in [3.8, 4) is 0 Å². The zero-order chi connectivity index (χ0) is 14.5. The average molecular weight is 270 g/mol. The zero-order valence-corrected chi connectivity index (χ0v) is 13.1. The van der Waals surface area contributed by atoms with E-state index in [1.54, 1.807) is 0 Å². The fourth-order valence-corrected chi connectivity index (χ4v) is 2.72. The maximum Gasteiger partial charge on any atom is 0.0708 e. The van der Waals surface area contributed by atoms with E-state index in [1.807, 2.05) is 7.05 Å². The smallest absolute Gasteiger partial charge is 0.0708 e. The van der Waals surface area contributed by atoms with E-state index in [-0.39, 0.29) is 0 Å². The van der Waals surface area contributed by atoms with Crippen molar-refractivity contribution in [3.63, 3.8) is 0 Å². The summed E-state index contributed by atoms with van der Waals surface area (Å²) in [7, 11) is 2.03. The van der Waals surface area contributed by atoms with Gasteiger partial charge in [0.2, 0.25) is 0 Å². The molecule has 2 heteroatoms. The number of para-hydroxylation sites is 1. The summed E-state index contributed by atoms with van der Waals surface area (Å²) in [6, 6.07) is 11.0. The minimum absolute atomic E-state index is 0.358. The molecule has 0 radical (unpaired) electrons. The van der Waals surface area contributed by atoms with Gasteiger partial charge in [0.1, 0.15) is 0 Å². The molecule has 1 unspecified atom stereocenters. The third-order valence-electron chi connectivity index (χ3n) is 3.92. The molecule has 1 aromatic heterocycles. The van der Waals surface area contributed by atoms with E-state index in [0.29, 0.717) is 6.04 Å². The summed E-state index contributed by atoms with van der Waals surface area (Å²) in [5.74, 6) is 0.777. The predicted octanol–water partition coefficient (Wildman–Crippen LogP) is 4.63. The Labute approximate surface area is 122 Å². The molecule has 20 heavy (non-hydrogen) atoms. The first-order chi connectivity index (χ1) is 9.61. The summed E-state index contributed by atoms with van der Waals surface area (Å²) in [6.45, 7) is 6.74.